The van der Waals surface area contributed by atoms with E-state index in [4.69, 9.17) is 0 Å². The van der Waals surface area contributed by atoms with Gasteiger partial charge in [-0.25, -0.2) is 0 Å². The van der Waals surface area contributed by atoms with Crippen LogP contribution in [0.2, 0.25) is 0 Å². The smallest absolute Gasteiger partial charge is 0.175 e. The van der Waals surface area contributed by atoms with E-state index in [1.807, 2.05) is 18.5 Å². The number of nitrogens with zero attached hydrogens (tertiary/aromatic N) is 3. The molecule has 0 aliphatic rings. The van der Waals surface area contributed by atoms with Crippen molar-refractivity contribution in [2.24, 2.45) is 0 Å². The van der Waals surface area contributed by atoms with Gasteiger partial charge in [-0.1, -0.05) is 59.1 Å². The number of aromatic nitrogens is 3. The van der Waals surface area contributed by atoms with Crippen molar-refractivity contribution in [3.8, 4) is 0 Å². The van der Waals surface area contributed by atoms with Gasteiger partial charge >= 0.3 is 0 Å². The summed E-state index contributed by atoms with van der Waals surface area (Å²) in [7, 11) is 0. The molecular formula is C13H11N3S3. The van der Waals surface area contributed by atoms with Gasteiger partial charge in [0.05, 0.1) is 5.52 Å². The number of fused-ring (bicyclic) bond motifs is 1. The molecule has 0 aliphatic carbocycles. The van der Waals surface area contributed by atoms with Gasteiger partial charge in [-0.15, -0.1) is 10.2 Å². The largest absolute Gasteiger partial charge is 0.256 e. The number of rotatable bonds is 4. The van der Waals surface area contributed by atoms with Gasteiger partial charge in [0.2, 0.25) is 0 Å². The van der Waals surface area contributed by atoms with Crippen LogP contribution in [0.15, 0.2) is 45.2 Å². The van der Waals surface area contributed by atoms with Gasteiger partial charge in [0.25, 0.3) is 0 Å². The number of thioether (sulfide) groups is 2. The summed E-state index contributed by atoms with van der Waals surface area (Å²) in [5.41, 5.74) is 2.32. The summed E-state index contributed by atoms with van der Waals surface area (Å²) in [6.07, 6.45) is 3.86. The molecule has 0 bridgehead atoms. The molecule has 1 aromatic carbocycles. The van der Waals surface area contributed by atoms with E-state index < -0.39 is 0 Å². The monoisotopic (exact) mass is 305 g/mol. The first kappa shape index (κ1) is 12.9. The molecule has 3 nitrogen and oxygen atoms in total. The van der Waals surface area contributed by atoms with Crippen LogP contribution in [0.4, 0.5) is 0 Å². The van der Waals surface area contributed by atoms with Gasteiger partial charge in [-0.05, 0) is 17.9 Å². The van der Waals surface area contributed by atoms with Crippen molar-refractivity contribution in [3.05, 3.63) is 42.1 Å². The first-order valence-electron chi connectivity index (χ1n) is 5.70. The maximum absolute atomic E-state index is 4.46. The van der Waals surface area contributed by atoms with E-state index in [9.17, 15) is 0 Å². The van der Waals surface area contributed by atoms with Crippen LogP contribution < -0.4 is 0 Å². The molecule has 2 heterocycles. The molecule has 0 saturated carbocycles. The van der Waals surface area contributed by atoms with Crippen molar-refractivity contribution < 1.29 is 0 Å². The topological polar surface area (TPSA) is 38.7 Å². The number of benzene rings is 1. The highest BCUT2D eigenvalue weighted by molar-refractivity contribution is 8.02. The Kier molecular flexibility index (Phi) is 4.00. The van der Waals surface area contributed by atoms with Gasteiger partial charge in [-0.2, -0.15) is 0 Å². The van der Waals surface area contributed by atoms with Crippen molar-refractivity contribution in [2.45, 2.75) is 14.4 Å². The van der Waals surface area contributed by atoms with E-state index in [-0.39, 0.29) is 0 Å². The zero-order valence-corrected chi connectivity index (χ0v) is 12.7. The second kappa shape index (κ2) is 5.90. The van der Waals surface area contributed by atoms with Crippen molar-refractivity contribution >= 4 is 45.8 Å². The summed E-state index contributed by atoms with van der Waals surface area (Å²) < 4.78 is 2.02. The molecule has 0 amide bonds. The fourth-order valence-electron chi connectivity index (χ4n) is 1.76. The average Bonchev–Trinajstić information content (AvgIpc) is 2.93. The Morgan fingerprint density at radius 3 is 2.79 bits per heavy atom. The van der Waals surface area contributed by atoms with Crippen LogP contribution in [-0.2, 0) is 5.75 Å². The van der Waals surface area contributed by atoms with Crippen LogP contribution in [0, 0.1) is 0 Å². The average molecular weight is 305 g/mol. The lowest BCUT2D eigenvalue weighted by molar-refractivity contribution is 0.955. The van der Waals surface area contributed by atoms with Crippen LogP contribution in [0.25, 0.3) is 10.9 Å². The maximum atomic E-state index is 4.46. The SMILES string of the molecule is CSc1nnc(SCc2cccc3cccnc23)s1. The van der Waals surface area contributed by atoms with Crippen molar-refractivity contribution in [3.63, 3.8) is 0 Å². The molecule has 0 saturated heterocycles. The van der Waals surface area contributed by atoms with Crippen molar-refractivity contribution in [1.29, 1.82) is 0 Å². The Labute approximate surface area is 123 Å². The molecule has 96 valence electrons. The van der Waals surface area contributed by atoms with Gasteiger partial charge in [0.1, 0.15) is 0 Å². The van der Waals surface area contributed by atoms with E-state index in [1.165, 1.54) is 10.9 Å². The molecule has 3 rings (SSSR count). The van der Waals surface area contributed by atoms with Crippen LogP contribution in [-0.4, -0.2) is 21.4 Å². The zero-order chi connectivity index (χ0) is 13.1. The van der Waals surface area contributed by atoms with E-state index in [1.54, 1.807) is 34.9 Å². The van der Waals surface area contributed by atoms with E-state index >= 15 is 0 Å². The van der Waals surface area contributed by atoms with Crippen molar-refractivity contribution in [1.82, 2.24) is 15.2 Å². The summed E-state index contributed by atoms with van der Waals surface area (Å²) in [4.78, 5) is 4.46. The Bertz CT molecular complexity index is 691. The summed E-state index contributed by atoms with van der Waals surface area (Å²) in [6.45, 7) is 0. The molecule has 19 heavy (non-hydrogen) atoms. The Hall–Kier alpha value is -1.11. The van der Waals surface area contributed by atoms with Crippen LogP contribution in [0.1, 0.15) is 5.56 Å². The molecule has 0 aliphatic heterocycles. The fraction of sp³-hybridized carbons (Fsp3) is 0.154. The first-order chi connectivity index (χ1) is 9.36. The summed E-state index contributed by atoms with van der Waals surface area (Å²) in [6, 6.07) is 10.3. The quantitative estimate of drug-likeness (QED) is 0.679. The predicted molar refractivity (Wildman–Crippen MR) is 83.0 cm³/mol. The lowest BCUT2D eigenvalue weighted by Gasteiger charge is -2.03. The molecule has 3 aromatic rings. The number of pyridine rings is 1. The standard InChI is InChI=1S/C13H11N3S3/c1-17-12-15-16-13(19-12)18-8-10-5-2-4-9-6-3-7-14-11(9)10/h2-7H,8H2,1H3. The second-order valence-corrected chi connectivity index (χ2v) is 7.07. The Morgan fingerprint density at radius 1 is 1.11 bits per heavy atom. The maximum Gasteiger partial charge on any atom is 0.175 e. The minimum atomic E-state index is 0.872. The summed E-state index contributed by atoms with van der Waals surface area (Å²) in [5.74, 6) is 0.872. The van der Waals surface area contributed by atoms with Gasteiger partial charge < -0.3 is 0 Å². The first-order valence-corrected chi connectivity index (χ1v) is 8.72. The molecule has 0 unspecified atom stereocenters. The molecule has 0 N–H and O–H groups in total. The third-order valence-electron chi connectivity index (χ3n) is 2.63. The van der Waals surface area contributed by atoms with Gasteiger partial charge in [0, 0.05) is 17.3 Å². The highest BCUT2D eigenvalue weighted by atomic mass is 32.2. The van der Waals surface area contributed by atoms with Gasteiger partial charge in [0.15, 0.2) is 8.68 Å². The molecule has 2 aromatic heterocycles. The lowest BCUT2D eigenvalue weighted by Crippen LogP contribution is -1.86. The predicted octanol–water partition coefficient (Wildman–Crippen LogP) is 4.10. The number of para-hydroxylation sites is 1. The third-order valence-corrected chi connectivity index (χ3v) is 5.71. The number of hydrogen-bond donors (Lipinski definition) is 0. The number of hydrogen-bond acceptors (Lipinski definition) is 6. The van der Waals surface area contributed by atoms with Crippen LogP contribution in [0.5, 0.6) is 0 Å². The third kappa shape index (κ3) is 2.91. The highest BCUT2D eigenvalue weighted by Crippen LogP contribution is 2.30. The van der Waals surface area contributed by atoms with E-state index in [0.29, 0.717) is 0 Å². The highest BCUT2D eigenvalue weighted by Gasteiger charge is 2.06. The molecule has 0 fully saturated rings. The minimum absolute atomic E-state index is 0.872. The molecule has 0 atom stereocenters. The van der Waals surface area contributed by atoms with Crippen LogP contribution >= 0.6 is 34.9 Å². The molecule has 6 heteroatoms. The van der Waals surface area contributed by atoms with Crippen molar-refractivity contribution in [2.75, 3.05) is 6.26 Å². The molecule has 0 spiro atoms. The van der Waals surface area contributed by atoms with E-state index in [0.717, 1.165) is 19.9 Å². The Balaban J connectivity index is 1.81. The van der Waals surface area contributed by atoms with E-state index in [2.05, 4.69) is 39.4 Å². The second-order valence-electron chi connectivity index (χ2n) is 3.82. The summed E-state index contributed by atoms with van der Waals surface area (Å²) in [5, 5.41) is 9.46. The lowest BCUT2D eigenvalue weighted by atomic mass is 10.1. The normalized spacial score (nSPS) is 11.0. The molecule has 0 radical (unpaired) electrons. The zero-order valence-electron chi connectivity index (χ0n) is 10.2. The van der Waals surface area contributed by atoms with Gasteiger partial charge in [-0.3, -0.25) is 4.98 Å². The summed E-state index contributed by atoms with van der Waals surface area (Å²) >= 11 is 4.99. The fourth-order valence-corrected chi connectivity index (χ4v) is 4.18. The Morgan fingerprint density at radius 2 is 1.95 bits per heavy atom. The molecular weight excluding hydrogens is 294 g/mol. The minimum Gasteiger partial charge on any atom is -0.256 e. The van der Waals surface area contributed by atoms with Crippen LogP contribution in [0.3, 0.4) is 0 Å².